The Bertz CT molecular complexity index is 1250. The quantitative estimate of drug-likeness (QED) is 0.249. The number of Topliss-reactive ketones (excluding diaryl/α,β-unsaturated/α-hetero) is 2. The van der Waals surface area contributed by atoms with E-state index < -0.39 is 21.7 Å². The van der Waals surface area contributed by atoms with Crippen LogP contribution in [-0.2, 0) is 4.79 Å². The monoisotopic (exact) mass is 431 g/mol. The number of aliphatic hydroxyl groups excluding tert-OH is 1. The molecule has 1 unspecified atom stereocenters. The van der Waals surface area contributed by atoms with Crippen molar-refractivity contribution in [3.05, 3.63) is 111 Å². The predicted octanol–water partition coefficient (Wildman–Crippen LogP) is 5.47. The number of non-ortho nitro benzene ring substituents is 1. The van der Waals surface area contributed by atoms with Crippen LogP contribution in [0.5, 0.6) is 0 Å². The van der Waals surface area contributed by atoms with Crippen LogP contribution in [0.1, 0.15) is 32.3 Å². The molecule has 0 saturated heterocycles. The second-order valence-corrected chi connectivity index (χ2v) is 8.23. The van der Waals surface area contributed by atoms with E-state index in [0.717, 1.165) is 10.5 Å². The first-order chi connectivity index (χ1) is 14.9. The molecule has 31 heavy (non-hydrogen) atoms. The van der Waals surface area contributed by atoms with Crippen LogP contribution in [0.3, 0.4) is 0 Å². The molecule has 6 nitrogen and oxygen atoms in total. The summed E-state index contributed by atoms with van der Waals surface area (Å²) in [5.41, 5.74) is 1.90. The summed E-state index contributed by atoms with van der Waals surface area (Å²) in [4.78, 5) is 37.3. The summed E-state index contributed by atoms with van der Waals surface area (Å²) in [5, 5.41) is 21.3. The molecule has 0 aromatic heterocycles. The van der Waals surface area contributed by atoms with Gasteiger partial charge in [0.05, 0.1) is 15.7 Å². The number of nitro groups is 1. The van der Waals surface area contributed by atoms with Crippen molar-refractivity contribution in [3.8, 4) is 0 Å². The Morgan fingerprint density at radius 2 is 1.48 bits per heavy atom. The van der Waals surface area contributed by atoms with Gasteiger partial charge in [-0.3, -0.25) is 19.7 Å². The first-order valence-electron chi connectivity index (χ1n) is 9.46. The Kier molecular flexibility index (Phi) is 5.44. The molecule has 1 atom stereocenters. The molecule has 154 valence electrons. The highest BCUT2D eigenvalue weighted by atomic mass is 32.2. The van der Waals surface area contributed by atoms with E-state index in [0.29, 0.717) is 11.1 Å². The van der Waals surface area contributed by atoms with Crippen LogP contribution in [0, 0.1) is 17.0 Å². The molecular weight excluding hydrogens is 414 g/mol. The number of thioether (sulfide) groups is 1. The fourth-order valence-corrected chi connectivity index (χ4v) is 4.80. The molecular formula is C24H17NO5S. The summed E-state index contributed by atoms with van der Waals surface area (Å²) in [5.74, 6) is -1.70. The van der Waals surface area contributed by atoms with Crippen LogP contribution >= 0.6 is 11.8 Å². The molecule has 0 bridgehead atoms. The van der Waals surface area contributed by atoms with E-state index in [1.807, 2.05) is 31.2 Å². The molecule has 1 aliphatic carbocycles. The summed E-state index contributed by atoms with van der Waals surface area (Å²) in [6, 6.07) is 19.8. The number of ketones is 2. The lowest BCUT2D eigenvalue weighted by Crippen LogP contribution is -2.26. The van der Waals surface area contributed by atoms with Crippen molar-refractivity contribution in [2.24, 2.45) is 0 Å². The Morgan fingerprint density at radius 1 is 0.871 bits per heavy atom. The first kappa shape index (κ1) is 20.6. The van der Waals surface area contributed by atoms with Gasteiger partial charge in [-0.1, -0.05) is 54.6 Å². The van der Waals surface area contributed by atoms with Gasteiger partial charge >= 0.3 is 0 Å². The number of carbonyl (C=O) groups excluding carboxylic acids is 2. The van der Waals surface area contributed by atoms with Crippen molar-refractivity contribution < 1.29 is 19.6 Å². The van der Waals surface area contributed by atoms with Gasteiger partial charge < -0.3 is 5.11 Å². The van der Waals surface area contributed by atoms with E-state index in [2.05, 4.69) is 0 Å². The standard InChI is InChI=1S/C24H17NO5S/c1-14-6-2-5-9-19(14)31-24(15-10-12-16(13-11-15)25(29)30)20-21(26)17-7-3-4-8-18(17)22(27)23(20)28/h2-13,24,26H,1H3. The molecule has 0 radical (unpaired) electrons. The van der Waals surface area contributed by atoms with Crippen molar-refractivity contribution in [3.63, 3.8) is 0 Å². The van der Waals surface area contributed by atoms with Crippen LogP contribution in [0.2, 0.25) is 0 Å². The van der Waals surface area contributed by atoms with Gasteiger partial charge in [-0.05, 0) is 24.1 Å². The number of rotatable bonds is 5. The molecule has 0 amide bonds. The van der Waals surface area contributed by atoms with E-state index in [9.17, 15) is 24.8 Å². The largest absolute Gasteiger partial charge is 0.507 e. The van der Waals surface area contributed by atoms with Crippen LogP contribution in [0.4, 0.5) is 5.69 Å². The first-order valence-corrected chi connectivity index (χ1v) is 10.3. The third-order valence-corrected chi connectivity index (χ3v) is 6.60. The van der Waals surface area contributed by atoms with Crippen LogP contribution in [0.15, 0.2) is 83.3 Å². The van der Waals surface area contributed by atoms with Gasteiger partial charge in [0.2, 0.25) is 11.6 Å². The third-order valence-electron chi connectivity index (χ3n) is 5.14. The second kappa shape index (κ2) is 8.20. The average molecular weight is 431 g/mol. The normalized spacial score (nSPS) is 14.4. The number of hydrogen-bond donors (Lipinski definition) is 1. The number of nitro benzene ring substituents is 1. The van der Waals surface area contributed by atoms with E-state index in [1.165, 1.54) is 30.0 Å². The Labute approximate surface area is 182 Å². The highest BCUT2D eigenvalue weighted by Crippen LogP contribution is 2.46. The maximum Gasteiger partial charge on any atom is 0.269 e. The minimum absolute atomic E-state index is 0.0224. The van der Waals surface area contributed by atoms with Gasteiger partial charge in [0.25, 0.3) is 5.69 Å². The number of benzene rings is 3. The highest BCUT2D eigenvalue weighted by Gasteiger charge is 2.38. The minimum atomic E-state index is -0.777. The molecule has 7 heteroatoms. The topological polar surface area (TPSA) is 97.5 Å². The van der Waals surface area contributed by atoms with Gasteiger partial charge in [0, 0.05) is 28.2 Å². The van der Waals surface area contributed by atoms with Crippen molar-refractivity contribution >= 4 is 34.8 Å². The van der Waals surface area contributed by atoms with Gasteiger partial charge in [0.1, 0.15) is 5.76 Å². The zero-order valence-corrected chi connectivity index (χ0v) is 17.3. The zero-order chi connectivity index (χ0) is 22.1. The molecule has 3 aromatic rings. The number of hydrogen-bond acceptors (Lipinski definition) is 6. The fraction of sp³-hybridized carbons (Fsp3) is 0.0833. The molecule has 1 aliphatic rings. The summed E-state index contributed by atoms with van der Waals surface area (Å²) in [6.07, 6.45) is 0. The summed E-state index contributed by atoms with van der Waals surface area (Å²) in [6.45, 7) is 1.92. The van der Waals surface area contributed by atoms with E-state index >= 15 is 0 Å². The molecule has 1 N–H and O–H groups in total. The van der Waals surface area contributed by atoms with Crippen molar-refractivity contribution in [2.75, 3.05) is 0 Å². The Hall–Kier alpha value is -3.71. The fourth-order valence-electron chi connectivity index (χ4n) is 3.51. The van der Waals surface area contributed by atoms with Gasteiger partial charge in [-0.2, -0.15) is 0 Å². The lowest BCUT2D eigenvalue weighted by Gasteiger charge is -2.25. The van der Waals surface area contributed by atoms with Gasteiger partial charge in [-0.15, -0.1) is 11.8 Å². The summed E-state index contributed by atoms with van der Waals surface area (Å²) >= 11 is 1.31. The van der Waals surface area contributed by atoms with E-state index in [-0.39, 0.29) is 22.6 Å². The number of carbonyl (C=O) groups is 2. The maximum absolute atomic E-state index is 13.1. The van der Waals surface area contributed by atoms with Crippen molar-refractivity contribution in [1.82, 2.24) is 0 Å². The smallest absolute Gasteiger partial charge is 0.269 e. The molecule has 0 saturated carbocycles. The maximum atomic E-state index is 13.1. The second-order valence-electron chi connectivity index (χ2n) is 7.08. The Balaban J connectivity index is 1.90. The molecule has 0 aliphatic heterocycles. The van der Waals surface area contributed by atoms with Crippen molar-refractivity contribution in [2.45, 2.75) is 17.1 Å². The van der Waals surface area contributed by atoms with E-state index in [1.54, 1.807) is 30.3 Å². The van der Waals surface area contributed by atoms with Gasteiger partial charge in [0.15, 0.2) is 0 Å². The molecule has 0 fully saturated rings. The number of aryl methyl sites for hydroxylation is 1. The lowest BCUT2D eigenvalue weighted by atomic mass is 9.85. The predicted molar refractivity (Wildman–Crippen MR) is 118 cm³/mol. The van der Waals surface area contributed by atoms with Crippen LogP contribution in [-0.4, -0.2) is 21.6 Å². The summed E-state index contributed by atoms with van der Waals surface area (Å²) < 4.78 is 0. The molecule has 0 heterocycles. The highest BCUT2D eigenvalue weighted by molar-refractivity contribution is 7.99. The van der Waals surface area contributed by atoms with Crippen LogP contribution < -0.4 is 0 Å². The lowest BCUT2D eigenvalue weighted by molar-refractivity contribution is -0.384. The molecule has 0 spiro atoms. The number of fused-ring (bicyclic) bond motifs is 1. The Morgan fingerprint density at radius 3 is 2.13 bits per heavy atom. The number of nitrogens with zero attached hydrogens (tertiary/aromatic N) is 1. The zero-order valence-electron chi connectivity index (χ0n) is 16.4. The number of aliphatic hydroxyl groups is 1. The SMILES string of the molecule is Cc1ccccc1SC(C1=C(O)c2ccccc2C(=O)C1=O)c1ccc([N+](=O)[O-])cc1. The third kappa shape index (κ3) is 3.75. The average Bonchev–Trinajstić information content (AvgIpc) is 2.78. The summed E-state index contributed by atoms with van der Waals surface area (Å²) in [7, 11) is 0. The van der Waals surface area contributed by atoms with Crippen LogP contribution in [0.25, 0.3) is 5.76 Å². The molecule has 4 rings (SSSR count). The van der Waals surface area contributed by atoms with E-state index in [4.69, 9.17) is 0 Å². The van der Waals surface area contributed by atoms with Crippen molar-refractivity contribution in [1.29, 1.82) is 0 Å². The van der Waals surface area contributed by atoms with Gasteiger partial charge in [-0.25, -0.2) is 0 Å². The minimum Gasteiger partial charge on any atom is -0.507 e. The molecule has 3 aromatic carbocycles.